The second kappa shape index (κ2) is 4.52. The van der Waals surface area contributed by atoms with Gasteiger partial charge in [0.25, 0.3) is 0 Å². The maximum Gasteiger partial charge on any atom is 0.440 e. The first kappa shape index (κ1) is 16.3. The summed E-state index contributed by atoms with van der Waals surface area (Å²) in [5, 5.41) is 0. The van der Waals surface area contributed by atoms with Gasteiger partial charge in [-0.1, -0.05) is 0 Å². The van der Waals surface area contributed by atoms with Crippen LogP contribution in [0.3, 0.4) is 0 Å². The van der Waals surface area contributed by atoms with E-state index < -0.39 is 30.7 Å². The normalized spacial score (nSPS) is 15.2. The molecule has 0 aromatic rings. The molecule has 0 saturated carbocycles. The standard InChI is InChI=1S/C6H5F9O2/c1-2-16-17-6(14,15)3(7,4(8,9)10)5(11,12)13/h2H2,1H3. The molecule has 0 aliphatic rings. The fourth-order valence-corrected chi connectivity index (χ4v) is 0.681. The number of alkyl halides is 9. The number of halogens is 9. The highest BCUT2D eigenvalue weighted by Crippen LogP contribution is 2.54. The van der Waals surface area contributed by atoms with Crippen molar-refractivity contribution in [3.8, 4) is 0 Å². The van der Waals surface area contributed by atoms with E-state index >= 15 is 0 Å². The molecule has 0 aromatic carbocycles. The van der Waals surface area contributed by atoms with Gasteiger partial charge in [-0.2, -0.15) is 40.0 Å². The highest BCUT2D eigenvalue weighted by Gasteiger charge is 2.86. The zero-order valence-electron chi connectivity index (χ0n) is 7.93. The first-order valence-electron chi connectivity index (χ1n) is 3.82. The minimum absolute atomic E-state index is 0.804. The van der Waals surface area contributed by atoms with Crippen LogP contribution in [0.2, 0.25) is 0 Å². The van der Waals surface area contributed by atoms with Gasteiger partial charge in [0.1, 0.15) is 0 Å². The van der Waals surface area contributed by atoms with Crippen molar-refractivity contribution in [3.05, 3.63) is 0 Å². The monoisotopic (exact) mass is 280 g/mol. The van der Waals surface area contributed by atoms with E-state index in [1.165, 1.54) is 0 Å². The Balaban J connectivity index is 5.49. The van der Waals surface area contributed by atoms with Crippen LogP contribution >= 0.6 is 0 Å². The molecule has 0 bridgehead atoms. The van der Waals surface area contributed by atoms with Gasteiger partial charge in [-0.3, -0.25) is 0 Å². The van der Waals surface area contributed by atoms with Crippen LogP contribution in [0.5, 0.6) is 0 Å². The highest BCUT2D eigenvalue weighted by atomic mass is 19.4. The van der Waals surface area contributed by atoms with Gasteiger partial charge in [0, 0.05) is 0 Å². The smallest absolute Gasteiger partial charge is 0.231 e. The van der Waals surface area contributed by atoms with E-state index in [1.54, 1.807) is 0 Å². The summed E-state index contributed by atoms with van der Waals surface area (Å²) in [5.41, 5.74) is -6.86. The largest absolute Gasteiger partial charge is 0.440 e. The topological polar surface area (TPSA) is 18.5 Å². The zero-order chi connectivity index (χ0) is 14.1. The molecule has 0 spiro atoms. The third-order valence-corrected chi connectivity index (χ3v) is 1.46. The molecule has 0 aliphatic heterocycles. The highest BCUT2D eigenvalue weighted by molar-refractivity contribution is 5.01. The Labute approximate surface area is 88.2 Å². The molecule has 0 radical (unpaired) electrons. The molecule has 17 heavy (non-hydrogen) atoms. The average molecular weight is 280 g/mol. The predicted octanol–water partition coefficient (Wildman–Crippen LogP) is 3.38. The van der Waals surface area contributed by atoms with Gasteiger partial charge in [0.15, 0.2) is 0 Å². The SMILES string of the molecule is CCOOC(F)(F)C(F)(C(F)(F)F)C(F)(F)F. The first-order chi connectivity index (χ1) is 7.31. The first-order valence-corrected chi connectivity index (χ1v) is 3.82. The Kier molecular flexibility index (Phi) is 4.33. The van der Waals surface area contributed by atoms with Crippen molar-refractivity contribution in [1.29, 1.82) is 0 Å². The molecule has 0 aliphatic carbocycles. The van der Waals surface area contributed by atoms with Crippen molar-refractivity contribution in [2.75, 3.05) is 6.61 Å². The average Bonchev–Trinajstić information content (AvgIpc) is 2.09. The van der Waals surface area contributed by atoms with Gasteiger partial charge < -0.3 is 0 Å². The summed E-state index contributed by atoms with van der Waals surface area (Å²) in [6, 6.07) is 0. The lowest BCUT2D eigenvalue weighted by Gasteiger charge is -2.34. The summed E-state index contributed by atoms with van der Waals surface area (Å²) >= 11 is 0. The molecule has 0 unspecified atom stereocenters. The van der Waals surface area contributed by atoms with Gasteiger partial charge in [-0.05, 0) is 6.92 Å². The van der Waals surface area contributed by atoms with Gasteiger partial charge in [-0.25, -0.2) is 9.28 Å². The van der Waals surface area contributed by atoms with Crippen molar-refractivity contribution < 1.29 is 49.3 Å². The third-order valence-electron chi connectivity index (χ3n) is 1.46. The Morgan fingerprint density at radius 3 is 1.35 bits per heavy atom. The molecule has 0 saturated heterocycles. The molecular weight excluding hydrogens is 275 g/mol. The molecule has 0 aromatic heterocycles. The van der Waals surface area contributed by atoms with Crippen molar-refractivity contribution >= 4 is 0 Å². The summed E-state index contributed by atoms with van der Waals surface area (Å²) in [7, 11) is 0. The molecule has 11 heteroatoms. The van der Waals surface area contributed by atoms with E-state index in [2.05, 4.69) is 9.78 Å². The van der Waals surface area contributed by atoms with Crippen LogP contribution in [0, 0.1) is 0 Å². The number of hydrogen-bond acceptors (Lipinski definition) is 2. The lowest BCUT2D eigenvalue weighted by atomic mass is 10.0. The summed E-state index contributed by atoms with van der Waals surface area (Å²) in [5.74, 6) is 0. The van der Waals surface area contributed by atoms with Gasteiger partial charge in [0.05, 0.1) is 6.61 Å². The lowest BCUT2D eigenvalue weighted by Crippen LogP contribution is -2.65. The van der Waals surface area contributed by atoms with E-state index in [0.717, 1.165) is 6.92 Å². The van der Waals surface area contributed by atoms with Gasteiger partial charge in [-0.15, -0.1) is 0 Å². The Morgan fingerprint density at radius 1 is 0.765 bits per heavy atom. The number of hydrogen-bond donors (Lipinski definition) is 0. The van der Waals surface area contributed by atoms with Crippen molar-refractivity contribution in [3.63, 3.8) is 0 Å². The Morgan fingerprint density at radius 2 is 1.12 bits per heavy atom. The van der Waals surface area contributed by atoms with Crippen LogP contribution in [0.1, 0.15) is 6.92 Å². The molecule has 0 rings (SSSR count). The van der Waals surface area contributed by atoms with Crippen molar-refractivity contribution in [2.45, 2.75) is 31.1 Å². The molecule has 0 N–H and O–H groups in total. The van der Waals surface area contributed by atoms with E-state index in [-0.39, 0.29) is 0 Å². The predicted molar refractivity (Wildman–Crippen MR) is 33.6 cm³/mol. The molecule has 0 fully saturated rings. The van der Waals surface area contributed by atoms with E-state index in [4.69, 9.17) is 0 Å². The van der Waals surface area contributed by atoms with Gasteiger partial charge in [0.2, 0.25) is 0 Å². The lowest BCUT2D eigenvalue weighted by molar-refractivity contribution is -0.522. The van der Waals surface area contributed by atoms with Gasteiger partial charge >= 0.3 is 24.1 Å². The number of rotatable bonds is 4. The van der Waals surface area contributed by atoms with Crippen molar-refractivity contribution in [1.82, 2.24) is 0 Å². The minimum Gasteiger partial charge on any atom is -0.231 e. The maximum absolute atomic E-state index is 12.7. The molecule has 0 heterocycles. The maximum atomic E-state index is 12.7. The summed E-state index contributed by atoms with van der Waals surface area (Å²) in [6.07, 6.45) is -20.1. The zero-order valence-corrected chi connectivity index (χ0v) is 7.93. The molecule has 2 nitrogen and oxygen atoms in total. The molecular formula is C6H5F9O2. The van der Waals surface area contributed by atoms with E-state index in [9.17, 15) is 39.5 Å². The summed E-state index contributed by atoms with van der Waals surface area (Å²) in [6.45, 7) is 0.124. The summed E-state index contributed by atoms with van der Waals surface area (Å²) in [4.78, 5) is 5.79. The Bertz CT molecular complexity index is 241. The third kappa shape index (κ3) is 2.76. The fourth-order valence-electron chi connectivity index (χ4n) is 0.681. The van der Waals surface area contributed by atoms with Crippen LogP contribution in [0.25, 0.3) is 0 Å². The van der Waals surface area contributed by atoms with E-state index in [0.29, 0.717) is 0 Å². The van der Waals surface area contributed by atoms with Crippen LogP contribution < -0.4 is 0 Å². The molecule has 104 valence electrons. The quantitative estimate of drug-likeness (QED) is 0.446. The second-order valence-electron chi connectivity index (χ2n) is 2.66. The van der Waals surface area contributed by atoms with Crippen LogP contribution in [-0.2, 0) is 9.78 Å². The fraction of sp³-hybridized carbons (Fsp3) is 1.00. The minimum atomic E-state index is -6.92. The van der Waals surface area contributed by atoms with Crippen LogP contribution in [0.4, 0.5) is 39.5 Å². The van der Waals surface area contributed by atoms with Crippen molar-refractivity contribution in [2.24, 2.45) is 0 Å². The van der Waals surface area contributed by atoms with Crippen LogP contribution in [-0.4, -0.2) is 30.7 Å². The summed E-state index contributed by atoms with van der Waals surface area (Å²) < 4.78 is 109. The van der Waals surface area contributed by atoms with E-state index in [1.807, 2.05) is 0 Å². The second-order valence-corrected chi connectivity index (χ2v) is 2.66. The molecule has 0 amide bonds. The molecule has 0 atom stereocenters. The van der Waals surface area contributed by atoms with Crippen LogP contribution in [0.15, 0.2) is 0 Å². The Hall–Kier alpha value is -0.710.